The summed E-state index contributed by atoms with van der Waals surface area (Å²) in [4.78, 5) is 0. The highest BCUT2D eigenvalue weighted by Gasteiger charge is 2.24. The number of rotatable bonds is 3. The maximum atomic E-state index is 13.6. The van der Waals surface area contributed by atoms with E-state index in [1.165, 1.54) is 0 Å². The molecule has 0 unspecified atom stereocenters. The molecule has 1 saturated carbocycles. The fraction of sp³-hybridized carbons (Fsp3) is 0.571. The van der Waals surface area contributed by atoms with E-state index in [1.807, 2.05) is 0 Å². The van der Waals surface area contributed by atoms with Gasteiger partial charge in [0.05, 0.1) is 0 Å². The van der Waals surface area contributed by atoms with E-state index in [1.54, 1.807) is 12.1 Å². The van der Waals surface area contributed by atoms with E-state index in [0.717, 1.165) is 38.2 Å². The maximum Gasteiger partial charge on any atom is 0.162 e. The summed E-state index contributed by atoms with van der Waals surface area (Å²) < 4.78 is 26.7. The van der Waals surface area contributed by atoms with Gasteiger partial charge in [0, 0.05) is 6.61 Å². The quantitative estimate of drug-likeness (QED) is 0.855. The van der Waals surface area contributed by atoms with Crippen LogP contribution >= 0.6 is 0 Å². The number of aliphatic hydroxyl groups is 1. The largest absolute Gasteiger partial charge is 0.396 e. The molecule has 0 radical (unpaired) electrons. The molecule has 1 aromatic carbocycles. The van der Waals surface area contributed by atoms with Gasteiger partial charge in [-0.1, -0.05) is 12.1 Å². The minimum atomic E-state index is -0.750. The van der Waals surface area contributed by atoms with Crippen LogP contribution < -0.4 is 0 Å². The van der Waals surface area contributed by atoms with Crippen molar-refractivity contribution >= 4 is 0 Å². The van der Waals surface area contributed by atoms with Crippen LogP contribution in [-0.2, 0) is 0 Å². The van der Waals surface area contributed by atoms with Crippen LogP contribution in [0.3, 0.4) is 0 Å². The molecular formula is C14H18F2O. The first kappa shape index (κ1) is 12.5. The number of benzene rings is 1. The maximum absolute atomic E-state index is 13.6. The second kappa shape index (κ2) is 5.58. The first-order valence-electron chi connectivity index (χ1n) is 6.27. The first-order chi connectivity index (χ1) is 8.22. The smallest absolute Gasteiger partial charge is 0.162 e. The zero-order valence-electron chi connectivity index (χ0n) is 9.83. The summed E-state index contributed by atoms with van der Waals surface area (Å²) in [5, 5.41) is 8.87. The van der Waals surface area contributed by atoms with E-state index < -0.39 is 11.6 Å². The van der Waals surface area contributed by atoms with Gasteiger partial charge in [-0.3, -0.25) is 0 Å². The number of halogens is 2. The van der Waals surface area contributed by atoms with E-state index in [-0.39, 0.29) is 12.5 Å². The third-order valence-corrected chi connectivity index (χ3v) is 3.81. The molecule has 1 aromatic rings. The first-order valence-corrected chi connectivity index (χ1v) is 6.27. The lowest BCUT2D eigenvalue weighted by atomic mass is 9.77. The van der Waals surface area contributed by atoms with Crippen molar-refractivity contribution in [3.63, 3.8) is 0 Å². The summed E-state index contributed by atoms with van der Waals surface area (Å²) >= 11 is 0. The summed E-state index contributed by atoms with van der Waals surface area (Å²) in [6.45, 7) is 0.226. The molecule has 0 heterocycles. The molecule has 0 saturated heterocycles. The van der Waals surface area contributed by atoms with E-state index in [4.69, 9.17) is 5.11 Å². The predicted octanol–water partition coefficient (Wildman–Crippen LogP) is 3.62. The Morgan fingerprint density at radius 3 is 2.47 bits per heavy atom. The second-order valence-electron chi connectivity index (χ2n) is 4.87. The van der Waals surface area contributed by atoms with Crippen molar-refractivity contribution in [2.75, 3.05) is 6.61 Å². The highest BCUT2D eigenvalue weighted by atomic mass is 19.2. The standard InChI is InChI=1S/C14H18F2O/c15-13-3-1-2-12(14(13)16)11-6-4-10(5-7-11)8-9-17/h1-3,10-11,17H,4-9H2. The molecule has 0 aromatic heterocycles. The molecule has 1 N–H and O–H groups in total. The van der Waals surface area contributed by atoms with Crippen molar-refractivity contribution in [3.8, 4) is 0 Å². The SMILES string of the molecule is OCCC1CCC(c2cccc(F)c2F)CC1. The molecule has 1 aliphatic rings. The van der Waals surface area contributed by atoms with E-state index in [0.29, 0.717) is 11.5 Å². The average molecular weight is 240 g/mol. The van der Waals surface area contributed by atoms with Crippen molar-refractivity contribution in [2.45, 2.75) is 38.0 Å². The molecule has 2 rings (SSSR count). The lowest BCUT2D eigenvalue weighted by Gasteiger charge is -2.28. The Balaban J connectivity index is 2.03. The normalized spacial score (nSPS) is 24.9. The Morgan fingerprint density at radius 1 is 1.12 bits per heavy atom. The summed E-state index contributed by atoms with van der Waals surface area (Å²) in [5.41, 5.74) is 0.521. The highest BCUT2D eigenvalue weighted by molar-refractivity contribution is 5.23. The molecule has 0 bridgehead atoms. The van der Waals surface area contributed by atoms with Crippen molar-refractivity contribution in [2.24, 2.45) is 5.92 Å². The Hall–Kier alpha value is -0.960. The van der Waals surface area contributed by atoms with E-state index in [2.05, 4.69) is 0 Å². The average Bonchev–Trinajstić information content (AvgIpc) is 2.34. The molecule has 0 atom stereocenters. The Bertz CT molecular complexity index is 370. The minimum Gasteiger partial charge on any atom is -0.396 e. The topological polar surface area (TPSA) is 20.2 Å². The fourth-order valence-corrected chi connectivity index (χ4v) is 2.78. The number of hydrogen-bond donors (Lipinski definition) is 1. The van der Waals surface area contributed by atoms with Crippen molar-refractivity contribution in [3.05, 3.63) is 35.4 Å². The van der Waals surface area contributed by atoms with Crippen LogP contribution in [0.1, 0.15) is 43.6 Å². The van der Waals surface area contributed by atoms with Gasteiger partial charge >= 0.3 is 0 Å². The summed E-state index contributed by atoms with van der Waals surface area (Å²) in [6, 6.07) is 4.43. The van der Waals surface area contributed by atoms with Crippen LogP contribution in [-0.4, -0.2) is 11.7 Å². The van der Waals surface area contributed by atoms with Crippen LogP contribution in [0.5, 0.6) is 0 Å². The van der Waals surface area contributed by atoms with Crippen LogP contribution in [0.15, 0.2) is 18.2 Å². The Labute approximate surface area is 100 Å². The zero-order chi connectivity index (χ0) is 12.3. The summed E-state index contributed by atoms with van der Waals surface area (Å²) in [6.07, 6.45) is 4.62. The molecule has 0 aliphatic heterocycles. The van der Waals surface area contributed by atoms with Gasteiger partial charge in [-0.25, -0.2) is 8.78 Å². The van der Waals surface area contributed by atoms with E-state index >= 15 is 0 Å². The molecule has 1 aliphatic carbocycles. The van der Waals surface area contributed by atoms with Gasteiger partial charge < -0.3 is 5.11 Å². The van der Waals surface area contributed by atoms with Crippen molar-refractivity contribution < 1.29 is 13.9 Å². The van der Waals surface area contributed by atoms with Gasteiger partial charge in [0.15, 0.2) is 11.6 Å². The minimum absolute atomic E-state index is 0.139. The molecule has 0 amide bonds. The van der Waals surface area contributed by atoms with Gasteiger partial charge in [-0.05, 0) is 55.6 Å². The van der Waals surface area contributed by atoms with Crippen LogP contribution in [0.4, 0.5) is 8.78 Å². The molecule has 1 nitrogen and oxygen atoms in total. The Morgan fingerprint density at radius 2 is 1.82 bits per heavy atom. The van der Waals surface area contributed by atoms with Crippen molar-refractivity contribution in [1.29, 1.82) is 0 Å². The van der Waals surface area contributed by atoms with Gasteiger partial charge in [0.2, 0.25) is 0 Å². The molecule has 1 fully saturated rings. The van der Waals surface area contributed by atoms with E-state index in [9.17, 15) is 8.78 Å². The zero-order valence-corrected chi connectivity index (χ0v) is 9.83. The fourth-order valence-electron chi connectivity index (χ4n) is 2.78. The number of aliphatic hydroxyl groups excluding tert-OH is 1. The monoisotopic (exact) mass is 240 g/mol. The molecular weight excluding hydrogens is 222 g/mol. The van der Waals surface area contributed by atoms with Crippen molar-refractivity contribution in [1.82, 2.24) is 0 Å². The van der Waals surface area contributed by atoms with Gasteiger partial charge in [-0.2, -0.15) is 0 Å². The third-order valence-electron chi connectivity index (χ3n) is 3.81. The molecule has 94 valence electrons. The lowest BCUT2D eigenvalue weighted by molar-refractivity contribution is 0.221. The highest BCUT2D eigenvalue weighted by Crippen LogP contribution is 2.38. The third kappa shape index (κ3) is 2.83. The van der Waals surface area contributed by atoms with Gasteiger partial charge in [0.1, 0.15) is 0 Å². The summed E-state index contributed by atoms with van der Waals surface area (Å²) in [7, 11) is 0. The Kier molecular flexibility index (Phi) is 4.11. The molecule has 3 heteroatoms. The molecule has 0 spiro atoms. The summed E-state index contributed by atoms with van der Waals surface area (Å²) in [5.74, 6) is -0.744. The van der Waals surface area contributed by atoms with Gasteiger partial charge in [0.25, 0.3) is 0 Å². The predicted molar refractivity (Wildman–Crippen MR) is 62.8 cm³/mol. The van der Waals surface area contributed by atoms with Crippen LogP contribution in [0, 0.1) is 17.6 Å². The lowest BCUT2D eigenvalue weighted by Crippen LogP contribution is -2.15. The van der Waals surface area contributed by atoms with Gasteiger partial charge in [-0.15, -0.1) is 0 Å². The van der Waals surface area contributed by atoms with Crippen LogP contribution in [0.25, 0.3) is 0 Å². The molecule has 17 heavy (non-hydrogen) atoms. The second-order valence-corrected chi connectivity index (χ2v) is 4.87. The van der Waals surface area contributed by atoms with Crippen LogP contribution in [0.2, 0.25) is 0 Å². The number of hydrogen-bond acceptors (Lipinski definition) is 1.